The van der Waals surface area contributed by atoms with Gasteiger partial charge in [-0.25, -0.2) is 15.0 Å². The Hall–Kier alpha value is -2.91. The van der Waals surface area contributed by atoms with Crippen LogP contribution in [0, 0.1) is 12.3 Å². The van der Waals surface area contributed by atoms with E-state index >= 15 is 0 Å². The number of nitrogens with zero attached hydrogens (tertiary/aromatic N) is 3. The van der Waals surface area contributed by atoms with Crippen LogP contribution in [0.5, 0.6) is 0 Å². The van der Waals surface area contributed by atoms with Gasteiger partial charge in [-0.1, -0.05) is 5.92 Å². The molecule has 0 saturated carbocycles. The number of hydrogen-bond acceptors (Lipinski definition) is 5. The van der Waals surface area contributed by atoms with Crippen molar-refractivity contribution in [1.82, 2.24) is 19.9 Å². The first-order chi connectivity index (χ1) is 10.8. The molecular formula is C16H15N5O. The Balaban J connectivity index is 2.11. The second-order valence-electron chi connectivity index (χ2n) is 4.63. The minimum atomic E-state index is 0.533. The lowest BCUT2D eigenvalue weighted by Crippen LogP contribution is -2.10. The average molecular weight is 293 g/mol. The van der Waals surface area contributed by atoms with Crippen LogP contribution < -0.4 is 5.32 Å². The molecule has 0 radical (unpaired) electrons. The third-order valence-corrected chi connectivity index (χ3v) is 3.17. The van der Waals surface area contributed by atoms with Crippen LogP contribution >= 0.6 is 0 Å². The number of imidazole rings is 1. The maximum Gasteiger partial charge on any atom is 0.198 e. The largest absolute Gasteiger partial charge is 0.383 e. The van der Waals surface area contributed by atoms with Gasteiger partial charge in [0.1, 0.15) is 5.82 Å². The highest BCUT2D eigenvalue weighted by molar-refractivity contribution is 5.91. The van der Waals surface area contributed by atoms with E-state index in [9.17, 15) is 0 Å². The van der Waals surface area contributed by atoms with Crippen LogP contribution in [0.25, 0.3) is 22.6 Å². The number of rotatable bonds is 5. The van der Waals surface area contributed by atoms with Crippen molar-refractivity contribution in [1.29, 1.82) is 0 Å². The van der Waals surface area contributed by atoms with Gasteiger partial charge in [-0.3, -0.25) is 0 Å². The predicted molar refractivity (Wildman–Crippen MR) is 85.4 cm³/mol. The van der Waals surface area contributed by atoms with Crippen LogP contribution in [0.15, 0.2) is 30.6 Å². The molecule has 0 aliphatic rings. The molecule has 0 atom stereocenters. The zero-order valence-corrected chi connectivity index (χ0v) is 12.1. The van der Waals surface area contributed by atoms with Gasteiger partial charge in [0, 0.05) is 37.0 Å². The van der Waals surface area contributed by atoms with Crippen LogP contribution in [0.4, 0.5) is 5.82 Å². The van der Waals surface area contributed by atoms with E-state index in [0.717, 1.165) is 16.5 Å². The molecule has 0 amide bonds. The SMILES string of the molecule is C#Cc1ccc2nc(-c3ncc[nH]3)nc(NCCOC)c2c1. The van der Waals surface area contributed by atoms with Gasteiger partial charge in [0.25, 0.3) is 0 Å². The third kappa shape index (κ3) is 2.75. The normalized spacial score (nSPS) is 10.5. The standard InChI is InChI=1S/C16H15N5O/c1-3-11-4-5-13-12(10-11)14(19-8-9-22-2)21-16(20-13)15-17-6-7-18-15/h1,4-7,10H,8-9H2,2H3,(H,17,18)(H,19,20,21). The number of aromatic nitrogens is 4. The fraction of sp³-hybridized carbons (Fsp3) is 0.188. The molecule has 1 aromatic carbocycles. The highest BCUT2D eigenvalue weighted by atomic mass is 16.5. The third-order valence-electron chi connectivity index (χ3n) is 3.17. The lowest BCUT2D eigenvalue weighted by atomic mass is 10.1. The van der Waals surface area contributed by atoms with Gasteiger partial charge >= 0.3 is 0 Å². The molecule has 6 nitrogen and oxygen atoms in total. The fourth-order valence-electron chi connectivity index (χ4n) is 2.12. The minimum absolute atomic E-state index is 0.533. The van der Waals surface area contributed by atoms with E-state index in [1.165, 1.54) is 0 Å². The van der Waals surface area contributed by atoms with Crippen molar-refractivity contribution in [2.24, 2.45) is 0 Å². The number of methoxy groups -OCH3 is 1. The van der Waals surface area contributed by atoms with E-state index in [0.29, 0.717) is 30.6 Å². The van der Waals surface area contributed by atoms with Crippen molar-refractivity contribution in [2.45, 2.75) is 0 Å². The molecule has 0 unspecified atom stereocenters. The quantitative estimate of drug-likeness (QED) is 0.556. The fourth-order valence-corrected chi connectivity index (χ4v) is 2.12. The topological polar surface area (TPSA) is 75.7 Å². The van der Waals surface area contributed by atoms with Crippen LogP contribution in [0.3, 0.4) is 0 Å². The number of anilines is 1. The Morgan fingerprint density at radius 3 is 3.00 bits per heavy atom. The molecule has 3 aromatic rings. The molecular weight excluding hydrogens is 278 g/mol. The van der Waals surface area contributed by atoms with Crippen molar-refractivity contribution < 1.29 is 4.74 Å². The molecule has 0 aliphatic heterocycles. The summed E-state index contributed by atoms with van der Waals surface area (Å²) in [5.74, 6) is 4.50. The highest BCUT2D eigenvalue weighted by Crippen LogP contribution is 2.24. The van der Waals surface area contributed by atoms with Crippen molar-refractivity contribution in [3.05, 3.63) is 36.2 Å². The Kier molecular flexibility index (Phi) is 3.99. The number of terminal acetylenes is 1. The second-order valence-corrected chi connectivity index (χ2v) is 4.63. The molecule has 2 aromatic heterocycles. The lowest BCUT2D eigenvalue weighted by Gasteiger charge is -2.10. The van der Waals surface area contributed by atoms with E-state index in [2.05, 4.69) is 31.2 Å². The maximum absolute atomic E-state index is 5.47. The van der Waals surface area contributed by atoms with Crippen LogP contribution in [0.1, 0.15) is 5.56 Å². The van der Waals surface area contributed by atoms with Crippen molar-refractivity contribution in [2.75, 3.05) is 25.6 Å². The van der Waals surface area contributed by atoms with Crippen molar-refractivity contribution >= 4 is 16.7 Å². The van der Waals surface area contributed by atoms with Gasteiger partial charge in [-0.2, -0.15) is 0 Å². The Morgan fingerprint density at radius 1 is 1.36 bits per heavy atom. The van der Waals surface area contributed by atoms with Crippen molar-refractivity contribution in [3.8, 4) is 24.0 Å². The van der Waals surface area contributed by atoms with E-state index in [-0.39, 0.29) is 0 Å². The molecule has 3 rings (SSSR count). The summed E-state index contributed by atoms with van der Waals surface area (Å²) in [5, 5.41) is 4.13. The summed E-state index contributed by atoms with van der Waals surface area (Å²) in [6.45, 7) is 1.22. The highest BCUT2D eigenvalue weighted by Gasteiger charge is 2.11. The van der Waals surface area contributed by atoms with Crippen LogP contribution in [0.2, 0.25) is 0 Å². The lowest BCUT2D eigenvalue weighted by molar-refractivity contribution is 0.210. The Labute approximate surface area is 128 Å². The van der Waals surface area contributed by atoms with E-state index in [4.69, 9.17) is 11.2 Å². The molecule has 0 aliphatic carbocycles. The molecule has 2 heterocycles. The number of benzene rings is 1. The first-order valence-electron chi connectivity index (χ1n) is 6.83. The minimum Gasteiger partial charge on any atom is -0.383 e. The van der Waals surface area contributed by atoms with Crippen LogP contribution in [-0.2, 0) is 4.74 Å². The monoisotopic (exact) mass is 293 g/mol. The predicted octanol–water partition coefficient (Wildman–Crippen LogP) is 2.06. The smallest absolute Gasteiger partial charge is 0.198 e. The molecule has 0 saturated heterocycles. The maximum atomic E-state index is 5.47. The average Bonchev–Trinajstić information content (AvgIpc) is 3.09. The summed E-state index contributed by atoms with van der Waals surface area (Å²) in [5.41, 5.74) is 1.59. The molecule has 22 heavy (non-hydrogen) atoms. The summed E-state index contributed by atoms with van der Waals surface area (Å²) >= 11 is 0. The number of hydrogen-bond donors (Lipinski definition) is 2. The van der Waals surface area contributed by atoms with Gasteiger partial charge < -0.3 is 15.0 Å². The number of aromatic amines is 1. The number of ether oxygens (including phenoxy) is 1. The summed E-state index contributed by atoms with van der Waals surface area (Å²) < 4.78 is 5.07. The molecule has 6 heteroatoms. The number of H-pyrrole nitrogens is 1. The van der Waals surface area contributed by atoms with Gasteiger partial charge in [0.2, 0.25) is 0 Å². The Morgan fingerprint density at radius 2 is 2.27 bits per heavy atom. The first-order valence-corrected chi connectivity index (χ1v) is 6.83. The second kappa shape index (κ2) is 6.24. The van der Waals surface area contributed by atoms with E-state index in [1.54, 1.807) is 19.5 Å². The zero-order valence-electron chi connectivity index (χ0n) is 12.1. The van der Waals surface area contributed by atoms with Crippen molar-refractivity contribution in [3.63, 3.8) is 0 Å². The number of fused-ring (bicyclic) bond motifs is 1. The summed E-state index contributed by atoms with van der Waals surface area (Å²) in [4.78, 5) is 16.3. The molecule has 110 valence electrons. The van der Waals surface area contributed by atoms with Gasteiger partial charge in [0.05, 0.1) is 12.1 Å². The van der Waals surface area contributed by atoms with Crippen LogP contribution in [-0.4, -0.2) is 40.2 Å². The molecule has 0 bridgehead atoms. The molecule has 0 spiro atoms. The first kappa shape index (κ1) is 14.0. The summed E-state index contributed by atoms with van der Waals surface area (Å²) in [6, 6.07) is 5.65. The van der Waals surface area contributed by atoms with Gasteiger partial charge in [0.15, 0.2) is 11.6 Å². The Bertz CT molecular complexity index is 820. The molecule has 0 fully saturated rings. The molecule has 2 N–H and O–H groups in total. The van der Waals surface area contributed by atoms with Gasteiger partial charge in [-0.15, -0.1) is 6.42 Å². The van der Waals surface area contributed by atoms with E-state index < -0.39 is 0 Å². The van der Waals surface area contributed by atoms with Gasteiger partial charge in [-0.05, 0) is 18.2 Å². The zero-order chi connectivity index (χ0) is 15.4. The summed E-state index contributed by atoms with van der Waals surface area (Å²) in [6.07, 6.45) is 8.88. The van der Waals surface area contributed by atoms with E-state index in [1.807, 2.05) is 18.2 Å². The summed E-state index contributed by atoms with van der Waals surface area (Å²) in [7, 11) is 1.66. The number of nitrogens with one attached hydrogen (secondary N) is 2.